The Hall–Kier alpha value is -2.01. The van der Waals surface area contributed by atoms with E-state index in [1.807, 2.05) is 6.07 Å². The summed E-state index contributed by atoms with van der Waals surface area (Å²) in [6.07, 6.45) is 4.35. The summed E-state index contributed by atoms with van der Waals surface area (Å²) in [5.74, 6) is -1.76. The predicted octanol–water partition coefficient (Wildman–Crippen LogP) is 2.35. The highest BCUT2D eigenvalue weighted by Gasteiger charge is 2.54. The first-order valence-corrected chi connectivity index (χ1v) is 8.74. The van der Waals surface area contributed by atoms with Crippen molar-refractivity contribution in [1.82, 2.24) is 4.98 Å². The van der Waals surface area contributed by atoms with Gasteiger partial charge in [-0.05, 0) is 12.8 Å². The number of hydrogen-bond acceptors (Lipinski definition) is 4. The number of carbonyl (C=O) groups excluding carboxylic acids is 2. The van der Waals surface area contributed by atoms with Crippen molar-refractivity contribution in [1.29, 1.82) is 0 Å². The van der Waals surface area contributed by atoms with E-state index in [9.17, 15) is 14.7 Å². The normalized spacial score (nSPS) is 25.6. The lowest BCUT2D eigenvalue weighted by Gasteiger charge is -2.37. The molecule has 0 N–H and O–H groups in total. The van der Waals surface area contributed by atoms with Gasteiger partial charge in [-0.15, -0.1) is 0 Å². The van der Waals surface area contributed by atoms with E-state index in [4.69, 9.17) is 0 Å². The largest absolute Gasteiger partial charge is 0.544 e. The molecule has 3 rings (SSSR count). The Labute approximate surface area is 131 Å². The topological polar surface area (TPSA) is 70.1 Å². The number of thiazole rings is 1. The number of nitrogens with zero attached hydrogens (tertiary/aromatic N) is 1. The van der Waals surface area contributed by atoms with Crippen LogP contribution >= 0.6 is 10.5 Å². The second-order valence-electron chi connectivity index (χ2n) is 5.62. The maximum absolute atomic E-state index is 12.9. The Morgan fingerprint density at radius 3 is 2.64 bits per heavy atom. The Morgan fingerprint density at radius 2 is 2.00 bits per heavy atom. The van der Waals surface area contributed by atoms with E-state index >= 15 is 0 Å². The van der Waals surface area contributed by atoms with Crippen molar-refractivity contribution < 1.29 is 14.7 Å². The summed E-state index contributed by atoms with van der Waals surface area (Å²) in [4.78, 5) is 29.0. The maximum atomic E-state index is 12.9. The zero-order chi connectivity index (χ0) is 15.6. The third-order valence-corrected chi connectivity index (χ3v) is 6.72. The molecule has 1 aromatic carbocycles. The standard InChI is InChI=1S/C17H17NO3S/c19-15(13-6-2-1-3-7-13)14-8-4-5-9-17(14,16(20)21)22-11-10-18-12-22/h1-3,6-7,10-12,14H,4-5,8-9H2. The Balaban J connectivity index is 2.07. The van der Waals surface area contributed by atoms with Gasteiger partial charge in [-0.25, -0.2) is 4.98 Å². The number of carboxylic acids is 1. The molecule has 3 unspecified atom stereocenters. The number of carboxylic acid groups (broad SMARTS) is 1. The van der Waals surface area contributed by atoms with E-state index in [0.717, 1.165) is 12.8 Å². The summed E-state index contributed by atoms with van der Waals surface area (Å²) in [7, 11) is -0.682. The summed E-state index contributed by atoms with van der Waals surface area (Å²) in [6, 6.07) is 8.95. The molecule has 22 heavy (non-hydrogen) atoms. The second kappa shape index (κ2) is 6.01. The van der Waals surface area contributed by atoms with Crippen LogP contribution in [0.2, 0.25) is 0 Å². The van der Waals surface area contributed by atoms with Crippen LogP contribution in [0.25, 0.3) is 0 Å². The monoisotopic (exact) mass is 315 g/mol. The van der Waals surface area contributed by atoms with Gasteiger partial charge in [-0.1, -0.05) is 36.8 Å². The van der Waals surface area contributed by atoms with Crippen molar-refractivity contribution in [2.45, 2.75) is 30.4 Å². The quantitative estimate of drug-likeness (QED) is 0.641. The summed E-state index contributed by atoms with van der Waals surface area (Å²) in [6.45, 7) is 0. The van der Waals surface area contributed by atoms with E-state index < -0.39 is 27.1 Å². The third-order valence-electron chi connectivity index (χ3n) is 4.46. The molecular formula is C17H17NO3S. The molecule has 5 heteroatoms. The Morgan fingerprint density at radius 1 is 1.23 bits per heavy atom. The molecule has 1 fully saturated rings. The molecule has 1 heterocycles. The fraction of sp³-hybridized carbons (Fsp3) is 0.353. The lowest BCUT2D eigenvalue weighted by molar-refractivity contribution is -0.313. The van der Waals surface area contributed by atoms with Gasteiger partial charge in [-0.3, -0.25) is 4.79 Å². The number of aliphatic carboxylic acids is 1. The average Bonchev–Trinajstić information content (AvgIpc) is 3.09. The number of carbonyl (C=O) groups is 2. The van der Waals surface area contributed by atoms with Crippen LogP contribution in [0.15, 0.2) is 47.4 Å². The van der Waals surface area contributed by atoms with Crippen LogP contribution in [0.4, 0.5) is 0 Å². The van der Waals surface area contributed by atoms with Crippen molar-refractivity contribution >= 4 is 22.2 Å². The first kappa shape index (κ1) is 14.9. The van der Waals surface area contributed by atoms with Gasteiger partial charge >= 0.3 is 0 Å². The number of hydrogen-bond donors (Lipinski definition) is 0. The van der Waals surface area contributed by atoms with Crippen molar-refractivity contribution in [2.24, 2.45) is 5.92 Å². The van der Waals surface area contributed by atoms with Gasteiger partial charge in [0.05, 0.1) is 12.1 Å². The van der Waals surface area contributed by atoms with E-state index in [2.05, 4.69) is 4.98 Å². The van der Waals surface area contributed by atoms with Crippen LogP contribution in [-0.4, -0.2) is 16.7 Å². The fourth-order valence-corrected chi connectivity index (χ4v) is 5.39. The van der Waals surface area contributed by atoms with Gasteiger partial charge in [0, 0.05) is 22.5 Å². The summed E-state index contributed by atoms with van der Waals surface area (Å²) >= 11 is 0. The number of ketones is 1. The highest BCUT2D eigenvalue weighted by atomic mass is 32.2. The van der Waals surface area contributed by atoms with Gasteiger partial charge in [0.15, 0.2) is 15.9 Å². The second-order valence-corrected chi connectivity index (χ2v) is 7.57. The number of Topliss-reactive ketones (excluding diaryl/α,β-unsaturated/α-hetero) is 1. The van der Waals surface area contributed by atoms with Crippen LogP contribution in [-0.2, 0) is 9.54 Å². The minimum absolute atomic E-state index is 0.0919. The molecule has 1 aliphatic rings. The SMILES string of the molecule is O=C(c1ccccc1)C1CCCCC1(C(=O)[O-])[s+]1ccnc1. The van der Waals surface area contributed by atoms with Crippen LogP contribution in [0.3, 0.4) is 0 Å². The highest BCUT2D eigenvalue weighted by Crippen LogP contribution is 2.51. The Kier molecular flexibility index (Phi) is 4.07. The van der Waals surface area contributed by atoms with Crippen LogP contribution < -0.4 is 5.11 Å². The highest BCUT2D eigenvalue weighted by molar-refractivity contribution is 7.31. The summed E-state index contributed by atoms with van der Waals surface area (Å²) in [5, 5.41) is 13.9. The van der Waals surface area contributed by atoms with Gasteiger partial charge in [0.25, 0.3) is 0 Å². The van der Waals surface area contributed by atoms with Crippen molar-refractivity contribution in [3.05, 3.63) is 53.0 Å². The molecule has 0 amide bonds. The molecule has 0 bridgehead atoms. The molecule has 1 saturated carbocycles. The minimum Gasteiger partial charge on any atom is -0.544 e. The lowest BCUT2D eigenvalue weighted by Crippen LogP contribution is -2.52. The summed E-state index contributed by atoms with van der Waals surface area (Å²) < 4.78 is -1.15. The van der Waals surface area contributed by atoms with E-state index in [1.165, 1.54) is 0 Å². The fourth-order valence-electron chi connectivity index (χ4n) is 3.36. The molecule has 3 atom stereocenters. The lowest BCUT2D eigenvalue weighted by atomic mass is 9.74. The van der Waals surface area contributed by atoms with Crippen molar-refractivity contribution in [2.75, 3.05) is 0 Å². The van der Waals surface area contributed by atoms with Crippen molar-refractivity contribution in [3.8, 4) is 0 Å². The first-order chi connectivity index (χ1) is 10.7. The van der Waals surface area contributed by atoms with E-state index in [1.54, 1.807) is 41.4 Å². The molecule has 0 spiro atoms. The molecule has 0 saturated heterocycles. The molecule has 1 aliphatic carbocycles. The van der Waals surface area contributed by atoms with Gasteiger partial charge in [0.2, 0.25) is 5.51 Å². The van der Waals surface area contributed by atoms with E-state index in [-0.39, 0.29) is 5.78 Å². The predicted molar refractivity (Wildman–Crippen MR) is 82.4 cm³/mol. The maximum Gasteiger partial charge on any atom is 0.230 e. The molecule has 114 valence electrons. The van der Waals surface area contributed by atoms with Gasteiger partial charge < -0.3 is 9.90 Å². The number of benzene rings is 1. The number of aromatic nitrogens is 1. The van der Waals surface area contributed by atoms with Gasteiger partial charge in [0.1, 0.15) is 5.97 Å². The van der Waals surface area contributed by atoms with Crippen molar-refractivity contribution in [3.63, 3.8) is 0 Å². The number of rotatable bonds is 4. The molecule has 0 radical (unpaired) electrons. The molecule has 0 aliphatic heterocycles. The van der Waals surface area contributed by atoms with Crippen LogP contribution in [0.5, 0.6) is 0 Å². The first-order valence-electron chi connectivity index (χ1n) is 7.39. The zero-order valence-corrected chi connectivity index (χ0v) is 12.9. The Bertz CT molecular complexity index is 668. The van der Waals surface area contributed by atoms with E-state index in [0.29, 0.717) is 18.4 Å². The molecular weight excluding hydrogens is 298 g/mol. The molecule has 2 aromatic rings. The average molecular weight is 315 g/mol. The molecule has 4 nitrogen and oxygen atoms in total. The summed E-state index contributed by atoms with van der Waals surface area (Å²) in [5.41, 5.74) is 2.23. The third kappa shape index (κ3) is 2.35. The van der Waals surface area contributed by atoms with Crippen LogP contribution in [0.1, 0.15) is 36.0 Å². The van der Waals surface area contributed by atoms with Crippen LogP contribution in [0, 0.1) is 5.92 Å². The zero-order valence-electron chi connectivity index (χ0n) is 12.1. The van der Waals surface area contributed by atoms with Gasteiger partial charge in [-0.2, -0.15) is 0 Å². The minimum atomic E-state index is -1.15. The smallest absolute Gasteiger partial charge is 0.230 e. The molecule has 1 aromatic heterocycles.